The molecule has 4 rings (SSSR count). The molecular formula is C23H23FN4O2S. The van der Waals surface area contributed by atoms with Crippen LogP contribution in [0.3, 0.4) is 0 Å². The molecule has 1 aliphatic rings. The Labute approximate surface area is 184 Å². The minimum Gasteiger partial charge on any atom is -0.351 e. The van der Waals surface area contributed by atoms with Crippen molar-refractivity contribution in [3.63, 3.8) is 0 Å². The van der Waals surface area contributed by atoms with Crippen molar-refractivity contribution in [2.45, 2.75) is 44.7 Å². The Morgan fingerprint density at radius 1 is 1.16 bits per heavy atom. The van der Waals surface area contributed by atoms with Gasteiger partial charge in [-0.2, -0.15) is 0 Å². The van der Waals surface area contributed by atoms with E-state index >= 15 is 0 Å². The summed E-state index contributed by atoms with van der Waals surface area (Å²) in [5.41, 5.74) is 2.07. The predicted octanol–water partition coefficient (Wildman–Crippen LogP) is 4.43. The van der Waals surface area contributed by atoms with Crippen molar-refractivity contribution >= 4 is 29.0 Å². The highest BCUT2D eigenvalue weighted by molar-refractivity contribution is 7.03. The van der Waals surface area contributed by atoms with E-state index in [-0.39, 0.29) is 23.3 Å². The first-order chi connectivity index (χ1) is 15.0. The molecule has 8 heteroatoms. The third kappa shape index (κ3) is 4.80. The summed E-state index contributed by atoms with van der Waals surface area (Å²) in [6, 6.07) is 12.2. The van der Waals surface area contributed by atoms with Gasteiger partial charge < -0.3 is 5.32 Å². The number of nitrogens with zero attached hydrogens (tertiary/aromatic N) is 3. The van der Waals surface area contributed by atoms with Gasteiger partial charge in [0.1, 0.15) is 11.9 Å². The molecule has 160 valence electrons. The number of carbonyl (C=O) groups is 2. The van der Waals surface area contributed by atoms with E-state index in [0.29, 0.717) is 5.56 Å². The lowest BCUT2D eigenvalue weighted by Gasteiger charge is -2.32. The molecule has 1 atom stereocenters. The van der Waals surface area contributed by atoms with Gasteiger partial charge in [-0.15, -0.1) is 5.10 Å². The minimum atomic E-state index is -0.975. The van der Waals surface area contributed by atoms with Gasteiger partial charge in [-0.1, -0.05) is 53.2 Å². The SMILES string of the molecule is Cc1ccc(C(C(=O)NC2CCCC2)N(C(=O)c2csnn2)c2cccc(F)c2)cc1. The average molecular weight is 439 g/mol. The van der Waals surface area contributed by atoms with Gasteiger partial charge in [0.15, 0.2) is 5.69 Å². The molecule has 1 fully saturated rings. The lowest BCUT2D eigenvalue weighted by Crippen LogP contribution is -2.46. The van der Waals surface area contributed by atoms with Crippen LogP contribution in [0.4, 0.5) is 10.1 Å². The highest BCUT2D eigenvalue weighted by atomic mass is 32.1. The van der Waals surface area contributed by atoms with Crippen LogP contribution in [-0.2, 0) is 4.79 Å². The molecule has 1 saturated carbocycles. The van der Waals surface area contributed by atoms with Crippen molar-refractivity contribution < 1.29 is 14.0 Å². The maximum Gasteiger partial charge on any atom is 0.280 e. The summed E-state index contributed by atoms with van der Waals surface area (Å²) in [7, 11) is 0. The fraction of sp³-hybridized carbons (Fsp3) is 0.304. The lowest BCUT2D eigenvalue weighted by molar-refractivity contribution is -0.123. The molecule has 1 unspecified atom stereocenters. The number of carbonyl (C=O) groups excluding carboxylic acids is 2. The van der Waals surface area contributed by atoms with E-state index in [1.54, 1.807) is 6.07 Å². The van der Waals surface area contributed by atoms with E-state index in [1.807, 2.05) is 31.2 Å². The van der Waals surface area contributed by atoms with Crippen molar-refractivity contribution in [3.8, 4) is 0 Å². The number of amides is 2. The van der Waals surface area contributed by atoms with Crippen LogP contribution in [0.1, 0.15) is 53.3 Å². The van der Waals surface area contributed by atoms with Gasteiger partial charge in [-0.05, 0) is 55.1 Å². The molecule has 1 heterocycles. The number of aryl methyl sites for hydroxylation is 1. The monoisotopic (exact) mass is 438 g/mol. The molecule has 3 aromatic rings. The van der Waals surface area contributed by atoms with Gasteiger partial charge in [0.25, 0.3) is 5.91 Å². The maximum atomic E-state index is 14.1. The van der Waals surface area contributed by atoms with Crippen LogP contribution in [0.25, 0.3) is 0 Å². The average Bonchev–Trinajstić information content (AvgIpc) is 3.46. The summed E-state index contributed by atoms with van der Waals surface area (Å²) in [4.78, 5) is 28.3. The fourth-order valence-corrected chi connectivity index (χ4v) is 4.34. The third-order valence-corrected chi connectivity index (χ3v) is 5.99. The summed E-state index contributed by atoms with van der Waals surface area (Å²) in [5.74, 6) is -1.30. The number of halogens is 1. The van der Waals surface area contributed by atoms with Crippen LogP contribution in [0.15, 0.2) is 53.9 Å². The highest BCUT2D eigenvalue weighted by Crippen LogP contribution is 2.31. The normalized spacial score (nSPS) is 14.9. The summed E-state index contributed by atoms with van der Waals surface area (Å²) in [6.45, 7) is 1.95. The van der Waals surface area contributed by atoms with Crippen molar-refractivity contribution in [3.05, 3.63) is 76.5 Å². The molecule has 0 radical (unpaired) electrons. The summed E-state index contributed by atoms with van der Waals surface area (Å²) < 4.78 is 17.9. The molecule has 2 aromatic carbocycles. The van der Waals surface area contributed by atoms with Gasteiger partial charge in [0, 0.05) is 17.1 Å². The largest absolute Gasteiger partial charge is 0.351 e. The molecule has 0 spiro atoms. The second-order valence-electron chi connectivity index (χ2n) is 7.75. The Bertz CT molecular complexity index is 1050. The zero-order chi connectivity index (χ0) is 21.8. The molecule has 0 aliphatic heterocycles. The number of aromatic nitrogens is 2. The first kappa shape index (κ1) is 21.1. The van der Waals surface area contributed by atoms with Gasteiger partial charge >= 0.3 is 0 Å². The fourth-order valence-electron chi connectivity index (χ4n) is 3.91. The number of benzene rings is 2. The standard InChI is InChI=1S/C23H23FN4O2S/c1-15-9-11-16(12-10-15)21(22(29)25-18-6-2-3-7-18)28(19-8-4-5-17(24)13-19)23(30)20-14-31-27-26-20/h4-5,8-14,18,21H,2-3,6-7H2,1H3,(H,25,29). The van der Waals surface area contributed by atoms with Gasteiger partial charge in [0.05, 0.1) is 0 Å². The van der Waals surface area contributed by atoms with Crippen LogP contribution >= 0.6 is 11.5 Å². The Hall–Kier alpha value is -3.13. The molecular weight excluding hydrogens is 415 g/mol. The highest BCUT2D eigenvalue weighted by Gasteiger charge is 2.35. The van der Waals surface area contributed by atoms with Crippen LogP contribution < -0.4 is 10.2 Å². The molecule has 0 saturated heterocycles. The second-order valence-corrected chi connectivity index (χ2v) is 8.36. The molecule has 1 aromatic heterocycles. The van der Waals surface area contributed by atoms with Crippen molar-refractivity contribution in [1.82, 2.24) is 14.9 Å². The second kappa shape index (κ2) is 9.34. The van der Waals surface area contributed by atoms with Crippen molar-refractivity contribution in [1.29, 1.82) is 0 Å². The Kier molecular flexibility index (Phi) is 6.36. The van der Waals surface area contributed by atoms with Crippen LogP contribution in [0.5, 0.6) is 0 Å². The smallest absolute Gasteiger partial charge is 0.280 e. The molecule has 31 heavy (non-hydrogen) atoms. The summed E-state index contributed by atoms with van der Waals surface area (Å²) >= 11 is 1.04. The third-order valence-electron chi connectivity index (χ3n) is 5.49. The molecule has 1 N–H and O–H groups in total. The molecule has 6 nitrogen and oxygen atoms in total. The number of hydrogen-bond donors (Lipinski definition) is 1. The quantitative estimate of drug-likeness (QED) is 0.618. The first-order valence-corrected chi connectivity index (χ1v) is 11.1. The molecule has 2 amide bonds. The van der Waals surface area contributed by atoms with Crippen LogP contribution in [0.2, 0.25) is 0 Å². The Balaban J connectivity index is 1.80. The number of hydrogen-bond acceptors (Lipinski definition) is 5. The summed E-state index contributed by atoms with van der Waals surface area (Å²) in [6.07, 6.45) is 3.96. The Morgan fingerprint density at radius 3 is 2.55 bits per heavy atom. The van der Waals surface area contributed by atoms with E-state index in [0.717, 1.165) is 42.8 Å². The van der Waals surface area contributed by atoms with Crippen LogP contribution in [-0.4, -0.2) is 27.4 Å². The lowest BCUT2D eigenvalue weighted by atomic mass is 10.0. The van der Waals surface area contributed by atoms with E-state index < -0.39 is 17.8 Å². The van der Waals surface area contributed by atoms with Gasteiger partial charge in [-0.25, -0.2) is 4.39 Å². The number of anilines is 1. The van der Waals surface area contributed by atoms with E-state index in [9.17, 15) is 14.0 Å². The molecule has 1 aliphatic carbocycles. The predicted molar refractivity (Wildman–Crippen MR) is 117 cm³/mol. The van der Waals surface area contributed by atoms with Gasteiger partial charge in [0.2, 0.25) is 5.91 Å². The zero-order valence-corrected chi connectivity index (χ0v) is 17.9. The molecule has 0 bridgehead atoms. The number of nitrogens with one attached hydrogen (secondary N) is 1. The summed E-state index contributed by atoms with van der Waals surface area (Å²) in [5, 5.41) is 8.51. The maximum absolute atomic E-state index is 14.1. The van der Waals surface area contributed by atoms with E-state index in [2.05, 4.69) is 14.9 Å². The first-order valence-electron chi connectivity index (χ1n) is 10.3. The van der Waals surface area contributed by atoms with E-state index in [1.165, 1.54) is 28.5 Å². The zero-order valence-electron chi connectivity index (χ0n) is 17.1. The van der Waals surface area contributed by atoms with Gasteiger partial charge in [-0.3, -0.25) is 14.5 Å². The minimum absolute atomic E-state index is 0.0749. The topological polar surface area (TPSA) is 75.2 Å². The van der Waals surface area contributed by atoms with E-state index in [4.69, 9.17) is 0 Å². The van der Waals surface area contributed by atoms with Crippen molar-refractivity contribution in [2.24, 2.45) is 0 Å². The number of rotatable bonds is 6. The van der Waals surface area contributed by atoms with Crippen molar-refractivity contribution in [2.75, 3.05) is 4.90 Å². The van der Waals surface area contributed by atoms with Crippen LogP contribution in [0, 0.1) is 12.7 Å². The Morgan fingerprint density at radius 2 is 1.90 bits per heavy atom.